The molecule has 2 fully saturated rings. The van der Waals surface area contributed by atoms with E-state index >= 15 is 0 Å². The molecule has 2 atom stereocenters. The van der Waals surface area contributed by atoms with Gasteiger partial charge in [0.2, 0.25) is 0 Å². The summed E-state index contributed by atoms with van der Waals surface area (Å²) in [6.07, 6.45) is -0.773. The third-order valence-corrected chi connectivity index (χ3v) is 2.54. The lowest BCUT2D eigenvalue weighted by molar-refractivity contribution is -0.140. The molecular weight excluding hydrogens is 216 g/mol. The van der Waals surface area contributed by atoms with Crippen molar-refractivity contribution < 1.29 is 19.1 Å². The molecule has 0 aromatic rings. The van der Waals surface area contributed by atoms with Crippen LogP contribution in [-0.2, 0) is 9.53 Å². The van der Waals surface area contributed by atoms with E-state index in [1.54, 1.807) is 0 Å². The quantitative estimate of drug-likeness (QED) is 0.514. The highest BCUT2D eigenvalue weighted by atomic mass is 16.5. The van der Waals surface area contributed by atoms with Crippen molar-refractivity contribution in [2.24, 2.45) is 0 Å². The monoisotopic (exact) mass is 228 g/mol. The Balaban J connectivity index is 1.95. The number of hydrogen-bond acceptors (Lipinski definition) is 4. The molecule has 3 N–H and O–H groups in total. The smallest absolute Gasteiger partial charge is 0.320 e. The molecule has 2 aliphatic heterocycles. The lowest BCUT2D eigenvalue weighted by Crippen LogP contribution is -2.44. The predicted molar refractivity (Wildman–Crippen MR) is 51.1 cm³/mol. The molecule has 0 bridgehead atoms. The number of urea groups is 2. The molecule has 16 heavy (non-hydrogen) atoms. The number of nitrogens with one attached hydrogen (secondary N) is 3. The van der Waals surface area contributed by atoms with Crippen LogP contribution in [0.5, 0.6) is 0 Å². The van der Waals surface area contributed by atoms with Gasteiger partial charge >= 0.3 is 18.0 Å². The first-order chi connectivity index (χ1) is 7.61. The fraction of sp³-hybridized carbons (Fsp3) is 0.625. The maximum absolute atomic E-state index is 11.5. The minimum absolute atomic E-state index is 0.100. The zero-order valence-corrected chi connectivity index (χ0v) is 8.65. The average molecular weight is 228 g/mol. The van der Waals surface area contributed by atoms with Crippen LogP contribution in [-0.4, -0.2) is 48.9 Å². The van der Waals surface area contributed by atoms with Gasteiger partial charge in [0.25, 0.3) is 0 Å². The van der Waals surface area contributed by atoms with E-state index in [1.165, 1.54) is 12.0 Å². The van der Waals surface area contributed by atoms with Gasteiger partial charge in [-0.05, 0) is 0 Å². The zero-order chi connectivity index (χ0) is 11.7. The first kappa shape index (κ1) is 10.5. The van der Waals surface area contributed by atoms with E-state index in [2.05, 4.69) is 20.7 Å². The van der Waals surface area contributed by atoms with Gasteiger partial charge in [0.1, 0.15) is 12.3 Å². The summed E-state index contributed by atoms with van der Waals surface area (Å²) in [4.78, 5) is 34.8. The van der Waals surface area contributed by atoms with Crippen LogP contribution in [0.4, 0.5) is 9.59 Å². The predicted octanol–water partition coefficient (Wildman–Crippen LogP) is -1.46. The van der Waals surface area contributed by atoms with Gasteiger partial charge in [-0.25, -0.2) is 9.59 Å². The normalized spacial score (nSPS) is 26.9. The minimum atomic E-state index is -0.440. The van der Waals surface area contributed by atoms with Crippen LogP contribution in [0.25, 0.3) is 0 Å². The Kier molecular flexibility index (Phi) is 2.55. The van der Waals surface area contributed by atoms with Crippen molar-refractivity contribution in [1.82, 2.24) is 20.9 Å². The minimum Gasteiger partial charge on any atom is -0.469 e. The Bertz CT molecular complexity index is 345. The second kappa shape index (κ2) is 3.87. The van der Waals surface area contributed by atoms with Crippen LogP contribution >= 0.6 is 0 Å². The number of rotatable bonds is 3. The third kappa shape index (κ3) is 1.73. The number of esters is 1. The van der Waals surface area contributed by atoms with E-state index in [1.807, 2.05) is 0 Å². The fourth-order valence-electron chi connectivity index (χ4n) is 1.75. The molecule has 0 aromatic heterocycles. The summed E-state index contributed by atoms with van der Waals surface area (Å²) in [5.41, 5.74) is 0. The SMILES string of the molecule is COC(=O)CCN1C(=O)N[C@H]2NC(=O)N[C@H]21. The van der Waals surface area contributed by atoms with Gasteiger partial charge in [-0.2, -0.15) is 0 Å². The van der Waals surface area contributed by atoms with Gasteiger partial charge in [-0.15, -0.1) is 0 Å². The molecule has 2 heterocycles. The number of methoxy groups -OCH3 is 1. The van der Waals surface area contributed by atoms with Crippen molar-refractivity contribution in [1.29, 1.82) is 0 Å². The second-order valence-corrected chi connectivity index (χ2v) is 3.51. The number of nitrogens with zero attached hydrogens (tertiary/aromatic N) is 1. The molecular formula is C8H12N4O4. The summed E-state index contributed by atoms with van der Waals surface area (Å²) in [5.74, 6) is -0.395. The molecule has 0 spiro atoms. The summed E-state index contributed by atoms with van der Waals surface area (Å²) >= 11 is 0. The van der Waals surface area contributed by atoms with E-state index in [9.17, 15) is 14.4 Å². The Labute approximate surface area is 91.3 Å². The second-order valence-electron chi connectivity index (χ2n) is 3.51. The van der Waals surface area contributed by atoms with Crippen molar-refractivity contribution in [2.75, 3.05) is 13.7 Å². The Morgan fingerprint density at radius 2 is 2.12 bits per heavy atom. The summed E-state index contributed by atoms with van der Waals surface area (Å²) in [6.45, 7) is 0.210. The number of ether oxygens (including phenoxy) is 1. The van der Waals surface area contributed by atoms with Gasteiger partial charge in [0.05, 0.1) is 13.5 Å². The van der Waals surface area contributed by atoms with Crippen molar-refractivity contribution in [3.63, 3.8) is 0 Å². The van der Waals surface area contributed by atoms with Gasteiger partial charge in [0, 0.05) is 6.54 Å². The average Bonchev–Trinajstić information content (AvgIpc) is 2.71. The van der Waals surface area contributed by atoms with Gasteiger partial charge in [-0.3, -0.25) is 9.69 Å². The molecule has 0 aliphatic carbocycles. The van der Waals surface area contributed by atoms with Crippen molar-refractivity contribution in [3.8, 4) is 0 Å². The molecule has 8 nitrogen and oxygen atoms in total. The van der Waals surface area contributed by atoms with Crippen LogP contribution in [0, 0.1) is 0 Å². The first-order valence-electron chi connectivity index (χ1n) is 4.83. The van der Waals surface area contributed by atoms with Crippen molar-refractivity contribution >= 4 is 18.0 Å². The van der Waals surface area contributed by atoms with E-state index in [0.29, 0.717) is 0 Å². The lowest BCUT2D eigenvalue weighted by atomic mass is 10.3. The molecule has 88 valence electrons. The molecule has 0 aromatic carbocycles. The number of carbonyl (C=O) groups excluding carboxylic acids is 3. The van der Waals surface area contributed by atoms with Gasteiger partial charge in [0.15, 0.2) is 0 Å². The van der Waals surface area contributed by atoms with Crippen LogP contribution in [0.3, 0.4) is 0 Å². The molecule has 2 rings (SSSR count). The van der Waals surface area contributed by atoms with E-state index in [-0.39, 0.29) is 25.0 Å². The number of carbonyl (C=O) groups is 3. The largest absolute Gasteiger partial charge is 0.469 e. The molecule has 2 aliphatic rings. The summed E-state index contributed by atoms with van der Waals surface area (Å²) in [5, 5.41) is 7.69. The molecule has 0 saturated carbocycles. The van der Waals surface area contributed by atoms with E-state index < -0.39 is 18.3 Å². The highest BCUT2D eigenvalue weighted by Crippen LogP contribution is 2.14. The Morgan fingerprint density at radius 3 is 2.81 bits per heavy atom. The maximum Gasteiger partial charge on any atom is 0.320 e. The molecule has 2 saturated heterocycles. The highest BCUT2D eigenvalue weighted by Gasteiger charge is 2.45. The van der Waals surface area contributed by atoms with Crippen LogP contribution in [0.1, 0.15) is 6.42 Å². The topological polar surface area (TPSA) is 99.8 Å². The van der Waals surface area contributed by atoms with Gasteiger partial charge < -0.3 is 20.7 Å². The van der Waals surface area contributed by atoms with E-state index in [0.717, 1.165) is 0 Å². The lowest BCUT2D eigenvalue weighted by Gasteiger charge is -2.20. The molecule has 4 amide bonds. The number of amides is 4. The Hall–Kier alpha value is -1.99. The summed E-state index contributed by atoms with van der Waals surface area (Å²) in [6, 6.07) is -0.649. The highest BCUT2D eigenvalue weighted by molar-refractivity contribution is 5.85. The maximum atomic E-state index is 11.5. The van der Waals surface area contributed by atoms with Gasteiger partial charge in [-0.1, -0.05) is 0 Å². The van der Waals surface area contributed by atoms with Crippen LogP contribution < -0.4 is 16.0 Å². The van der Waals surface area contributed by atoms with Crippen molar-refractivity contribution in [3.05, 3.63) is 0 Å². The first-order valence-corrected chi connectivity index (χ1v) is 4.83. The van der Waals surface area contributed by atoms with E-state index in [4.69, 9.17) is 0 Å². The Morgan fingerprint density at radius 1 is 1.38 bits per heavy atom. The summed E-state index contributed by atoms with van der Waals surface area (Å²) in [7, 11) is 1.29. The zero-order valence-electron chi connectivity index (χ0n) is 8.65. The third-order valence-electron chi connectivity index (χ3n) is 2.54. The molecule has 0 unspecified atom stereocenters. The van der Waals surface area contributed by atoms with Crippen LogP contribution in [0.2, 0.25) is 0 Å². The van der Waals surface area contributed by atoms with Crippen LogP contribution in [0.15, 0.2) is 0 Å². The van der Waals surface area contributed by atoms with Crippen molar-refractivity contribution in [2.45, 2.75) is 18.8 Å². The standard InChI is InChI=1S/C8H12N4O4/c1-16-4(13)2-3-12-6-5(10-8(12)15)9-7(14)11-6/h5-6H,2-3H2,1H3,(H,10,15)(H2,9,11,14)/t5-,6+/m1/s1. The number of fused-ring (bicyclic) bond motifs is 1. The molecule has 8 heteroatoms. The molecule has 0 radical (unpaired) electrons. The fourth-order valence-corrected chi connectivity index (χ4v) is 1.75. The summed E-state index contributed by atoms with van der Waals surface area (Å²) < 4.78 is 4.48. The number of hydrogen-bond donors (Lipinski definition) is 3.